The second-order valence-electron chi connectivity index (χ2n) is 9.12. The average molecular weight is 597 g/mol. The normalized spacial score (nSPS) is 11.5. The third-order valence-corrected chi connectivity index (χ3v) is 18.5. The smallest absolute Gasteiger partial charge is 0.230 e. The average Bonchev–Trinajstić information content (AvgIpc) is 3.04. The molecule has 3 nitrogen and oxygen atoms in total. The van der Waals surface area contributed by atoms with Crippen LogP contribution in [0.3, 0.4) is 0 Å². The molecule has 5 rings (SSSR count). The van der Waals surface area contributed by atoms with Crippen molar-refractivity contribution in [2.75, 3.05) is 5.75 Å². The number of rotatable bonds is 10. The van der Waals surface area contributed by atoms with Crippen LogP contribution in [0.1, 0.15) is 5.56 Å². The highest BCUT2D eigenvalue weighted by atomic mass is 32.7. The molecule has 0 spiro atoms. The highest BCUT2D eigenvalue weighted by Crippen LogP contribution is 2.67. The summed E-state index contributed by atoms with van der Waals surface area (Å²) in [5.41, 5.74) is 1.07. The molecule has 0 aliphatic heterocycles. The predicted molar refractivity (Wildman–Crippen MR) is 179 cm³/mol. The summed E-state index contributed by atoms with van der Waals surface area (Å²) in [5.74, 6) is 0.250. The number of hydrogen-bond acceptors (Lipinski definition) is 3. The minimum absolute atomic E-state index is 0.0204. The number of benzene rings is 5. The largest absolute Gasteiger partial charge is 0.351 e. The first-order valence-corrected chi connectivity index (χ1v) is 19.1. The monoisotopic (exact) mass is 596 g/mol. The van der Waals surface area contributed by atoms with Gasteiger partial charge in [0.05, 0.1) is 12.0 Å². The third-order valence-electron chi connectivity index (χ3n) is 6.39. The van der Waals surface area contributed by atoms with Crippen LogP contribution in [-0.2, 0) is 23.1 Å². The van der Waals surface area contributed by atoms with E-state index in [1.54, 1.807) is 11.4 Å². The lowest BCUT2D eigenvalue weighted by Crippen LogP contribution is -2.26. The van der Waals surface area contributed by atoms with Crippen molar-refractivity contribution >= 4 is 62.8 Å². The maximum Gasteiger partial charge on any atom is 0.230 e. The van der Waals surface area contributed by atoms with E-state index >= 15 is 0 Å². The van der Waals surface area contributed by atoms with Crippen LogP contribution in [0.15, 0.2) is 156 Å². The van der Waals surface area contributed by atoms with E-state index in [1.807, 2.05) is 103 Å². The molecule has 0 saturated carbocycles. The fraction of sp³-hybridized carbons (Fsp3) is 0.0606. The van der Waals surface area contributed by atoms with E-state index in [-0.39, 0.29) is 11.7 Å². The van der Waals surface area contributed by atoms with Gasteiger partial charge in [-0.3, -0.25) is 4.79 Å². The molecule has 0 atom stereocenters. The number of amides is 1. The van der Waals surface area contributed by atoms with Gasteiger partial charge in [-0.25, -0.2) is 4.52 Å². The molecule has 1 amide bonds. The third kappa shape index (κ3) is 6.57. The molecular formula is C33H30N2OP2S2. The number of nitrogens with one attached hydrogen (secondary N) is 1. The van der Waals surface area contributed by atoms with Gasteiger partial charge in [-0.1, -0.05) is 175 Å². The van der Waals surface area contributed by atoms with Gasteiger partial charge in [-0.2, -0.15) is 0 Å². The summed E-state index contributed by atoms with van der Waals surface area (Å²) in [6, 6.07) is 51.3. The molecule has 0 aliphatic carbocycles. The molecule has 0 radical (unpaired) electrons. The Morgan fingerprint density at radius 2 is 0.975 bits per heavy atom. The standard InChI is InChI=1S/C33H30N2OP2S2/c36-33(34-26-28-16-6-1-7-17-28)27-40-38(31-22-12-4-13-23-31,32-24-14-5-15-25-32)35-37(39,29-18-8-2-9-19-29)30-20-10-3-11-21-30/h1-25H,26-27H2,(H,34,36). The topological polar surface area (TPSA) is 41.5 Å². The molecule has 0 unspecified atom stereocenters. The quantitative estimate of drug-likeness (QED) is 0.179. The summed E-state index contributed by atoms with van der Waals surface area (Å²) in [5, 5.41) is 7.39. The summed E-state index contributed by atoms with van der Waals surface area (Å²) >= 11 is 8.26. The van der Waals surface area contributed by atoms with Gasteiger partial charge in [0.2, 0.25) is 5.91 Å². The Balaban J connectivity index is 1.66. The Kier molecular flexibility index (Phi) is 9.52. The molecule has 0 heterocycles. The van der Waals surface area contributed by atoms with Crippen molar-refractivity contribution in [1.82, 2.24) is 5.32 Å². The van der Waals surface area contributed by atoms with Gasteiger partial charge >= 0.3 is 0 Å². The van der Waals surface area contributed by atoms with Gasteiger partial charge in [-0.15, -0.1) is 0 Å². The van der Waals surface area contributed by atoms with Crippen molar-refractivity contribution in [3.8, 4) is 0 Å². The molecule has 0 saturated heterocycles. The van der Waals surface area contributed by atoms with Crippen molar-refractivity contribution in [2.45, 2.75) is 6.54 Å². The van der Waals surface area contributed by atoms with E-state index in [1.165, 1.54) is 0 Å². The lowest BCUT2D eigenvalue weighted by atomic mass is 10.2. The fourth-order valence-corrected chi connectivity index (χ4v) is 17.4. The van der Waals surface area contributed by atoms with Crippen molar-refractivity contribution < 1.29 is 4.79 Å². The minimum Gasteiger partial charge on any atom is -0.351 e. The zero-order chi connectivity index (χ0) is 27.7. The molecule has 40 heavy (non-hydrogen) atoms. The van der Waals surface area contributed by atoms with E-state index in [0.717, 1.165) is 26.8 Å². The molecule has 0 bridgehead atoms. The Labute approximate surface area is 246 Å². The first-order chi connectivity index (χ1) is 19.6. The van der Waals surface area contributed by atoms with Crippen LogP contribution in [0.5, 0.6) is 0 Å². The van der Waals surface area contributed by atoms with Crippen molar-refractivity contribution in [3.63, 3.8) is 0 Å². The minimum atomic E-state index is -2.64. The lowest BCUT2D eigenvalue weighted by Gasteiger charge is -2.30. The maximum absolute atomic E-state index is 13.3. The van der Waals surface area contributed by atoms with Gasteiger partial charge in [0, 0.05) is 27.8 Å². The number of carbonyl (C=O) groups excluding carboxylic acids is 1. The van der Waals surface area contributed by atoms with Gasteiger partial charge in [-0.05, 0) is 5.56 Å². The van der Waals surface area contributed by atoms with Gasteiger partial charge in [0.1, 0.15) is 6.19 Å². The molecule has 0 aliphatic rings. The van der Waals surface area contributed by atoms with E-state index in [4.69, 9.17) is 16.3 Å². The van der Waals surface area contributed by atoms with Crippen LogP contribution in [0.4, 0.5) is 0 Å². The molecular weight excluding hydrogens is 566 g/mol. The highest BCUT2D eigenvalue weighted by Gasteiger charge is 2.32. The second kappa shape index (κ2) is 13.4. The Morgan fingerprint density at radius 1 is 0.600 bits per heavy atom. The highest BCUT2D eigenvalue weighted by molar-refractivity contribution is 8.64. The Bertz CT molecular complexity index is 1550. The molecule has 7 heteroatoms. The second-order valence-corrected chi connectivity index (χ2v) is 18.7. The van der Waals surface area contributed by atoms with Crippen LogP contribution in [0.25, 0.3) is 0 Å². The van der Waals surface area contributed by atoms with Gasteiger partial charge in [0.15, 0.2) is 0 Å². The first kappa shape index (κ1) is 28.3. The fourth-order valence-electron chi connectivity index (χ4n) is 4.38. The van der Waals surface area contributed by atoms with Crippen LogP contribution in [0.2, 0.25) is 0 Å². The summed E-state index contributed by atoms with van der Waals surface area (Å²) in [6.07, 6.45) is -5.22. The zero-order valence-corrected chi connectivity index (χ0v) is 25.3. The Hall–Kier alpha value is -3.20. The van der Waals surface area contributed by atoms with Gasteiger partial charge < -0.3 is 5.32 Å². The van der Waals surface area contributed by atoms with Crippen LogP contribution >= 0.6 is 23.8 Å². The van der Waals surface area contributed by atoms with E-state index < -0.39 is 12.4 Å². The maximum atomic E-state index is 13.3. The zero-order valence-electron chi connectivity index (χ0n) is 21.9. The van der Waals surface area contributed by atoms with Crippen molar-refractivity contribution in [2.24, 2.45) is 4.52 Å². The van der Waals surface area contributed by atoms with Crippen LogP contribution in [-0.4, -0.2) is 11.7 Å². The van der Waals surface area contributed by atoms with E-state index in [9.17, 15) is 4.79 Å². The molecule has 5 aromatic carbocycles. The molecule has 200 valence electrons. The first-order valence-electron chi connectivity index (χ1n) is 13.0. The molecule has 1 N–H and O–H groups in total. The number of carbonyl (C=O) groups is 1. The summed E-state index contributed by atoms with van der Waals surface area (Å²) in [6.45, 7) is 0.492. The van der Waals surface area contributed by atoms with Crippen LogP contribution < -0.4 is 26.5 Å². The molecule has 0 aromatic heterocycles. The summed E-state index contributed by atoms with van der Waals surface area (Å²) in [4.78, 5) is 13.3. The van der Waals surface area contributed by atoms with Crippen LogP contribution in [0, 0.1) is 0 Å². The van der Waals surface area contributed by atoms with E-state index in [2.05, 4.69) is 53.8 Å². The molecule has 5 aromatic rings. The lowest BCUT2D eigenvalue weighted by molar-refractivity contribution is -0.118. The SMILES string of the molecule is O=C(CSP(=NP(=S)(c1ccccc1)c1ccccc1)(c1ccccc1)c1ccccc1)NCc1ccccc1. The van der Waals surface area contributed by atoms with Crippen molar-refractivity contribution in [3.05, 3.63) is 157 Å². The van der Waals surface area contributed by atoms with E-state index in [0.29, 0.717) is 6.54 Å². The Morgan fingerprint density at radius 3 is 1.40 bits per heavy atom. The number of nitrogens with zero attached hydrogens (tertiary/aromatic N) is 1. The van der Waals surface area contributed by atoms with Gasteiger partial charge in [0.25, 0.3) is 0 Å². The summed E-state index contributed by atoms with van der Waals surface area (Å²) in [7, 11) is 0. The predicted octanol–water partition coefficient (Wildman–Crippen LogP) is 6.85. The molecule has 0 fully saturated rings. The summed E-state index contributed by atoms with van der Waals surface area (Å²) < 4.78 is 5.83. The van der Waals surface area contributed by atoms with Crippen molar-refractivity contribution in [1.29, 1.82) is 0 Å². The number of hydrogen-bond donors (Lipinski definition) is 1.